The molecule has 8 heteroatoms. The van der Waals surface area contributed by atoms with E-state index >= 15 is 0 Å². The zero-order chi connectivity index (χ0) is 24.6. The Bertz CT molecular complexity index is 1290. The minimum absolute atomic E-state index is 0.160. The van der Waals surface area contributed by atoms with Crippen LogP contribution in [0, 0.1) is 0 Å². The van der Waals surface area contributed by atoms with Crippen LogP contribution < -0.4 is 15.4 Å². The average molecular weight is 505 g/mol. The molecule has 1 amide bonds. The van der Waals surface area contributed by atoms with Crippen molar-refractivity contribution in [2.75, 3.05) is 18.4 Å². The number of pyridine rings is 1. The van der Waals surface area contributed by atoms with Gasteiger partial charge >= 0.3 is 0 Å². The molecule has 0 fully saturated rings. The number of nitrogens with zero attached hydrogens (tertiary/aromatic N) is 2. The Morgan fingerprint density at radius 2 is 1.80 bits per heavy atom. The van der Waals surface area contributed by atoms with Crippen molar-refractivity contribution in [3.8, 4) is 11.5 Å². The fraction of sp³-hybridized carbons (Fsp3) is 0.222. The highest BCUT2D eigenvalue weighted by Crippen LogP contribution is 2.35. The molecule has 0 radical (unpaired) electrons. The smallest absolute Gasteiger partial charge is 0.230 e. The third-order valence-electron chi connectivity index (χ3n) is 5.50. The monoisotopic (exact) mass is 504 g/mol. The summed E-state index contributed by atoms with van der Waals surface area (Å²) >= 11 is 7.01. The Morgan fingerprint density at radius 3 is 2.51 bits per heavy atom. The lowest BCUT2D eigenvalue weighted by atomic mass is 10.1. The van der Waals surface area contributed by atoms with Gasteiger partial charge in [-0.25, -0.2) is 0 Å². The molecule has 4 rings (SSSR count). The van der Waals surface area contributed by atoms with E-state index in [-0.39, 0.29) is 17.4 Å². The molecule has 2 aromatic heterocycles. The summed E-state index contributed by atoms with van der Waals surface area (Å²) in [5, 5.41) is 6.02. The highest BCUT2D eigenvalue weighted by atomic mass is 32.1. The molecule has 0 unspecified atom stereocenters. The van der Waals surface area contributed by atoms with Gasteiger partial charge < -0.3 is 15.4 Å². The molecule has 0 spiro atoms. The first-order chi connectivity index (χ1) is 17.0. The molecule has 2 aromatic carbocycles. The van der Waals surface area contributed by atoms with Crippen LogP contribution in [-0.2, 0) is 17.8 Å². The van der Waals surface area contributed by atoms with Gasteiger partial charge in [0, 0.05) is 29.4 Å². The number of carbonyl (C=O) groups is 1. The van der Waals surface area contributed by atoms with Gasteiger partial charge in [-0.3, -0.25) is 14.7 Å². The zero-order valence-corrected chi connectivity index (χ0v) is 21.4. The van der Waals surface area contributed by atoms with Gasteiger partial charge in [-0.05, 0) is 61.2 Å². The van der Waals surface area contributed by atoms with Crippen LogP contribution in [0.2, 0.25) is 0 Å². The van der Waals surface area contributed by atoms with Crippen molar-refractivity contribution in [3.63, 3.8) is 0 Å². The minimum Gasteiger partial charge on any atom is -0.456 e. The molecule has 4 aromatic rings. The summed E-state index contributed by atoms with van der Waals surface area (Å²) in [5.41, 5.74) is 2.65. The summed E-state index contributed by atoms with van der Waals surface area (Å²) < 4.78 is 7.22. The molecule has 0 aliphatic rings. The number of thiocarbonyl (C=S) groups is 1. The van der Waals surface area contributed by atoms with Crippen LogP contribution in [0.15, 0.2) is 72.9 Å². The minimum atomic E-state index is -0.160. The lowest BCUT2D eigenvalue weighted by Crippen LogP contribution is -2.35. The SMILES string of the molecule is CCN(CC)Cc1cc2nccc(Oc3ccc(NC(=S)NC(=O)Cc4ccccc4)cc3)c2s1. The Hall–Kier alpha value is -3.33. The predicted octanol–water partition coefficient (Wildman–Crippen LogP) is 5.99. The molecule has 0 atom stereocenters. The highest BCUT2D eigenvalue weighted by molar-refractivity contribution is 7.80. The van der Waals surface area contributed by atoms with Crippen LogP contribution in [-0.4, -0.2) is 34.0 Å². The summed E-state index contributed by atoms with van der Waals surface area (Å²) in [6.45, 7) is 7.29. The summed E-state index contributed by atoms with van der Waals surface area (Å²) in [5.74, 6) is 1.34. The van der Waals surface area contributed by atoms with Crippen LogP contribution in [0.5, 0.6) is 11.5 Å². The maximum Gasteiger partial charge on any atom is 0.230 e. The molecule has 0 bridgehead atoms. The number of thiophene rings is 1. The number of hydrogen-bond acceptors (Lipinski definition) is 6. The molecule has 0 saturated heterocycles. The molecular weight excluding hydrogens is 476 g/mol. The van der Waals surface area contributed by atoms with E-state index in [1.165, 1.54) is 4.88 Å². The van der Waals surface area contributed by atoms with Crippen LogP contribution in [0.25, 0.3) is 10.2 Å². The molecule has 6 nitrogen and oxygen atoms in total. The molecule has 35 heavy (non-hydrogen) atoms. The van der Waals surface area contributed by atoms with Crippen LogP contribution >= 0.6 is 23.6 Å². The van der Waals surface area contributed by atoms with E-state index < -0.39 is 0 Å². The third kappa shape index (κ3) is 6.85. The van der Waals surface area contributed by atoms with Crippen molar-refractivity contribution in [2.24, 2.45) is 0 Å². The molecule has 0 aliphatic carbocycles. The summed E-state index contributed by atoms with van der Waals surface area (Å²) in [4.78, 5) is 20.4. The van der Waals surface area contributed by atoms with Gasteiger partial charge in [-0.1, -0.05) is 44.2 Å². The van der Waals surface area contributed by atoms with E-state index in [1.54, 1.807) is 17.5 Å². The van der Waals surface area contributed by atoms with Gasteiger partial charge in [-0.2, -0.15) is 0 Å². The maximum atomic E-state index is 12.2. The molecule has 2 heterocycles. The molecule has 0 aliphatic heterocycles. The van der Waals surface area contributed by atoms with Crippen molar-refractivity contribution in [1.29, 1.82) is 0 Å². The average Bonchev–Trinajstić information content (AvgIpc) is 3.28. The number of aromatic nitrogens is 1. The molecule has 2 N–H and O–H groups in total. The van der Waals surface area contributed by atoms with Crippen molar-refractivity contribution < 1.29 is 9.53 Å². The van der Waals surface area contributed by atoms with E-state index in [0.717, 1.165) is 46.9 Å². The van der Waals surface area contributed by atoms with Crippen molar-refractivity contribution >= 4 is 50.5 Å². The second-order valence-electron chi connectivity index (χ2n) is 7.99. The number of carbonyl (C=O) groups excluding carboxylic acids is 1. The Morgan fingerprint density at radius 1 is 1.06 bits per heavy atom. The van der Waals surface area contributed by atoms with Crippen LogP contribution in [0.1, 0.15) is 24.3 Å². The number of anilines is 1. The van der Waals surface area contributed by atoms with Crippen LogP contribution in [0.3, 0.4) is 0 Å². The fourth-order valence-electron chi connectivity index (χ4n) is 3.64. The Balaban J connectivity index is 1.36. The topological polar surface area (TPSA) is 66.5 Å². The largest absolute Gasteiger partial charge is 0.456 e. The summed E-state index contributed by atoms with van der Waals surface area (Å²) in [6, 6.07) is 21.1. The van der Waals surface area contributed by atoms with E-state index in [1.807, 2.05) is 60.7 Å². The van der Waals surface area contributed by atoms with Gasteiger partial charge in [0.25, 0.3) is 0 Å². The predicted molar refractivity (Wildman–Crippen MR) is 147 cm³/mol. The molecule has 180 valence electrons. The second-order valence-corrected chi connectivity index (χ2v) is 9.53. The Labute approximate surface area is 215 Å². The standard InChI is InChI=1S/C27H28N4O2S2/c1-3-31(4-2)18-22-17-23-26(35-22)24(14-15-28-23)33-21-12-10-20(11-13-21)29-27(34)30-25(32)16-19-8-6-5-7-9-19/h5-15,17H,3-4,16,18H2,1-2H3,(H2,29,30,32,34). The van der Waals surface area contributed by atoms with Gasteiger partial charge in [0.15, 0.2) is 5.11 Å². The summed E-state index contributed by atoms with van der Waals surface area (Å²) in [7, 11) is 0. The van der Waals surface area contributed by atoms with Crippen LogP contribution in [0.4, 0.5) is 5.69 Å². The number of rotatable bonds is 9. The first kappa shape index (κ1) is 24.8. The number of nitrogens with one attached hydrogen (secondary N) is 2. The third-order valence-corrected chi connectivity index (χ3v) is 6.83. The number of benzene rings is 2. The van der Waals surface area contributed by atoms with E-state index in [2.05, 4.69) is 40.4 Å². The lowest BCUT2D eigenvalue weighted by molar-refractivity contribution is -0.119. The van der Waals surface area contributed by atoms with Crippen molar-refractivity contribution in [1.82, 2.24) is 15.2 Å². The van der Waals surface area contributed by atoms with Gasteiger partial charge in [0.05, 0.1) is 16.6 Å². The second kappa shape index (κ2) is 11.9. The quantitative estimate of drug-likeness (QED) is 0.273. The van der Waals surface area contributed by atoms with Gasteiger partial charge in [0.1, 0.15) is 11.5 Å². The fourth-order valence-corrected chi connectivity index (χ4v) is 4.98. The van der Waals surface area contributed by atoms with E-state index in [0.29, 0.717) is 5.75 Å². The number of fused-ring (bicyclic) bond motifs is 1. The normalized spacial score (nSPS) is 10.9. The van der Waals surface area contributed by atoms with Crippen molar-refractivity contribution in [2.45, 2.75) is 26.8 Å². The number of ether oxygens (including phenoxy) is 1. The van der Waals surface area contributed by atoms with E-state index in [9.17, 15) is 4.79 Å². The van der Waals surface area contributed by atoms with E-state index in [4.69, 9.17) is 17.0 Å². The first-order valence-electron chi connectivity index (χ1n) is 11.6. The number of hydrogen-bond donors (Lipinski definition) is 2. The Kier molecular flexibility index (Phi) is 8.41. The molecular formula is C27H28N4O2S2. The number of amides is 1. The lowest BCUT2D eigenvalue weighted by Gasteiger charge is -2.16. The maximum absolute atomic E-state index is 12.2. The molecule has 0 saturated carbocycles. The van der Waals surface area contributed by atoms with Gasteiger partial charge in [-0.15, -0.1) is 11.3 Å². The van der Waals surface area contributed by atoms with Gasteiger partial charge in [0.2, 0.25) is 5.91 Å². The first-order valence-corrected chi connectivity index (χ1v) is 12.8. The zero-order valence-electron chi connectivity index (χ0n) is 19.8. The highest BCUT2D eigenvalue weighted by Gasteiger charge is 2.12. The summed E-state index contributed by atoms with van der Waals surface area (Å²) in [6.07, 6.45) is 2.05. The van der Waals surface area contributed by atoms with Crippen molar-refractivity contribution in [3.05, 3.63) is 83.4 Å².